The number of morpholine rings is 1. The molecule has 2 N–H and O–H groups in total. The topological polar surface area (TPSA) is 61.8 Å². The highest BCUT2D eigenvalue weighted by Crippen LogP contribution is 2.24. The van der Waals surface area contributed by atoms with Gasteiger partial charge in [-0.15, -0.1) is 0 Å². The van der Waals surface area contributed by atoms with Gasteiger partial charge in [0.2, 0.25) is 5.91 Å². The molecule has 0 radical (unpaired) electrons. The van der Waals surface area contributed by atoms with Gasteiger partial charge in [0, 0.05) is 13.0 Å². The van der Waals surface area contributed by atoms with Gasteiger partial charge >= 0.3 is 0 Å². The number of nitrogens with zero attached hydrogens (tertiary/aromatic N) is 1. The van der Waals surface area contributed by atoms with E-state index >= 15 is 0 Å². The number of aliphatic hydroxyl groups excluding tert-OH is 1. The van der Waals surface area contributed by atoms with Crippen LogP contribution in [0.25, 0.3) is 0 Å². The average Bonchev–Trinajstić information content (AvgIpc) is 2.50. The molecule has 0 aliphatic carbocycles. The van der Waals surface area contributed by atoms with Crippen LogP contribution in [0.4, 0.5) is 0 Å². The Morgan fingerprint density at radius 3 is 2.90 bits per heavy atom. The zero-order chi connectivity index (χ0) is 15.3. The van der Waals surface area contributed by atoms with Crippen LogP contribution in [0, 0.1) is 6.92 Å². The molecule has 116 valence electrons. The van der Waals surface area contributed by atoms with Crippen molar-refractivity contribution in [3.63, 3.8) is 0 Å². The van der Waals surface area contributed by atoms with Gasteiger partial charge in [-0.1, -0.05) is 24.3 Å². The second kappa shape index (κ2) is 7.02. The first-order valence-corrected chi connectivity index (χ1v) is 7.32. The average molecular weight is 292 g/mol. The normalized spacial score (nSPS) is 22.3. The summed E-state index contributed by atoms with van der Waals surface area (Å²) in [6.45, 7) is 3.74. The number of rotatable bonds is 5. The minimum absolute atomic E-state index is 0.0448. The van der Waals surface area contributed by atoms with Gasteiger partial charge in [0.25, 0.3) is 0 Å². The summed E-state index contributed by atoms with van der Waals surface area (Å²) in [6, 6.07) is 8.08. The van der Waals surface area contributed by atoms with Crippen molar-refractivity contribution in [3.05, 3.63) is 35.4 Å². The lowest BCUT2D eigenvalue weighted by Crippen LogP contribution is -2.57. The van der Waals surface area contributed by atoms with E-state index in [1.807, 2.05) is 31.2 Å². The molecule has 5 heteroatoms. The van der Waals surface area contributed by atoms with Crippen molar-refractivity contribution >= 4 is 5.91 Å². The summed E-state index contributed by atoms with van der Waals surface area (Å²) in [5, 5.41) is 12.7. The zero-order valence-corrected chi connectivity index (χ0v) is 12.8. The SMILES string of the molecule is CNCC(=O)N1CCOC(CO)(Cc2ccccc2C)C1. The standard InChI is InChI=1S/C16H24N2O3/c1-13-5-3-4-6-14(13)9-16(12-19)11-18(7-8-21-16)15(20)10-17-2/h3-6,17,19H,7-12H2,1-2H3. The molecule has 1 unspecified atom stereocenters. The van der Waals surface area contributed by atoms with E-state index in [-0.39, 0.29) is 12.5 Å². The third kappa shape index (κ3) is 3.81. The number of amides is 1. The third-order valence-corrected chi connectivity index (χ3v) is 3.99. The fourth-order valence-electron chi connectivity index (χ4n) is 2.73. The first kappa shape index (κ1) is 15.9. The van der Waals surface area contributed by atoms with Gasteiger partial charge in [-0.3, -0.25) is 4.79 Å². The maximum absolute atomic E-state index is 12.0. The Balaban J connectivity index is 2.13. The summed E-state index contributed by atoms with van der Waals surface area (Å²) in [6.07, 6.45) is 0.611. The summed E-state index contributed by atoms with van der Waals surface area (Å²) in [7, 11) is 1.75. The van der Waals surface area contributed by atoms with E-state index in [9.17, 15) is 9.90 Å². The Hall–Kier alpha value is -1.43. The molecule has 1 amide bonds. The van der Waals surface area contributed by atoms with E-state index in [1.165, 1.54) is 5.56 Å². The van der Waals surface area contributed by atoms with Crippen molar-refractivity contribution in [3.8, 4) is 0 Å². The molecule has 0 aromatic heterocycles. The molecule has 1 fully saturated rings. The number of hydrogen-bond acceptors (Lipinski definition) is 4. The van der Waals surface area contributed by atoms with E-state index in [2.05, 4.69) is 5.32 Å². The van der Waals surface area contributed by atoms with Crippen LogP contribution in [-0.4, -0.2) is 61.4 Å². The number of aryl methyl sites for hydroxylation is 1. The number of ether oxygens (including phenoxy) is 1. The van der Waals surface area contributed by atoms with Gasteiger partial charge in [0.1, 0.15) is 5.60 Å². The predicted octanol–water partition coefficient (Wildman–Crippen LogP) is 0.347. The minimum Gasteiger partial charge on any atom is -0.393 e. The number of carbonyl (C=O) groups excluding carboxylic acids is 1. The molecule has 2 rings (SSSR count). The fraction of sp³-hybridized carbons (Fsp3) is 0.562. The van der Waals surface area contributed by atoms with Crippen molar-refractivity contribution < 1.29 is 14.6 Å². The van der Waals surface area contributed by atoms with Gasteiger partial charge < -0.3 is 20.1 Å². The Morgan fingerprint density at radius 2 is 2.24 bits per heavy atom. The second-order valence-corrected chi connectivity index (χ2v) is 5.64. The third-order valence-electron chi connectivity index (χ3n) is 3.99. The van der Waals surface area contributed by atoms with Gasteiger partial charge in [0.05, 0.1) is 26.3 Å². The quantitative estimate of drug-likeness (QED) is 0.822. The second-order valence-electron chi connectivity index (χ2n) is 5.64. The monoisotopic (exact) mass is 292 g/mol. The first-order chi connectivity index (χ1) is 10.1. The van der Waals surface area contributed by atoms with E-state index in [1.54, 1.807) is 11.9 Å². The van der Waals surface area contributed by atoms with Crippen LogP contribution in [0.1, 0.15) is 11.1 Å². The summed E-state index contributed by atoms with van der Waals surface area (Å²) in [4.78, 5) is 13.8. The number of carbonyl (C=O) groups is 1. The maximum Gasteiger partial charge on any atom is 0.236 e. The molecule has 1 aliphatic rings. The molecule has 0 bridgehead atoms. The maximum atomic E-state index is 12.0. The van der Waals surface area contributed by atoms with Crippen molar-refractivity contribution in [2.24, 2.45) is 0 Å². The van der Waals surface area contributed by atoms with Crippen LogP contribution in [0.15, 0.2) is 24.3 Å². The van der Waals surface area contributed by atoms with Crippen LogP contribution >= 0.6 is 0 Å². The molecule has 1 atom stereocenters. The molecule has 1 aromatic carbocycles. The van der Waals surface area contributed by atoms with E-state index in [0.29, 0.717) is 32.7 Å². The molecule has 1 aromatic rings. The highest BCUT2D eigenvalue weighted by molar-refractivity contribution is 5.78. The van der Waals surface area contributed by atoms with Crippen LogP contribution in [0.2, 0.25) is 0 Å². The smallest absolute Gasteiger partial charge is 0.236 e. The number of hydrogen-bond donors (Lipinski definition) is 2. The molecule has 0 spiro atoms. The number of nitrogens with one attached hydrogen (secondary N) is 1. The van der Waals surface area contributed by atoms with E-state index in [4.69, 9.17) is 4.74 Å². The fourth-order valence-corrected chi connectivity index (χ4v) is 2.73. The summed E-state index contributed by atoms with van der Waals surface area (Å²) >= 11 is 0. The van der Waals surface area contributed by atoms with Crippen molar-refractivity contribution in [2.75, 3.05) is 39.9 Å². The molecular formula is C16H24N2O3. The largest absolute Gasteiger partial charge is 0.393 e. The van der Waals surface area contributed by atoms with Crippen LogP contribution < -0.4 is 5.32 Å². The number of likely N-dealkylation sites (N-methyl/N-ethyl adjacent to an activating group) is 1. The molecule has 1 saturated heterocycles. The van der Waals surface area contributed by atoms with Crippen LogP contribution in [-0.2, 0) is 16.0 Å². The first-order valence-electron chi connectivity index (χ1n) is 7.32. The van der Waals surface area contributed by atoms with Crippen molar-refractivity contribution in [2.45, 2.75) is 18.9 Å². The Kier molecular flexibility index (Phi) is 5.33. The van der Waals surface area contributed by atoms with Gasteiger partial charge in [-0.2, -0.15) is 0 Å². The lowest BCUT2D eigenvalue weighted by molar-refractivity contribution is -0.157. The minimum atomic E-state index is -0.701. The molecule has 1 aliphatic heterocycles. The highest BCUT2D eigenvalue weighted by Gasteiger charge is 2.38. The molecular weight excluding hydrogens is 268 g/mol. The van der Waals surface area contributed by atoms with Gasteiger partial charge in [-0.05, 0) is 25.1 Å². The van der Waals surface area contributed by atoms with E-state index in [0.717, 1.165) is 5.56 Å². The number of aliphatic hydroxyl groups is 1. The summed E-state index contributed by atoms with van der Waals surface area (Å²) < 4.78 is 5.87. The predicted molar refractivity (Wildman–Crippen MR) is 81.2 cm³/mol. The summed E-state index contributed by atoms with van der Waals surface area (Å²) in [5.41, 5.74) is 1.62. The van der Waals surface area contributed by atoms with Crippen molar-refractivity contribution in [1.29, 1.82) is 0 Å². The Morgan fingerprint density at radius 1 is 1.48 bits per heavy atom. The zero-order valence-electron chi connectivity index (χ0n) is 12.8. The lowest BCUT2D eigenvalue weighted by Gasteiger charge is -2.42. The van der Waals surface area contributed by atoms with Gasteiger partial charge in [-0.25, -0.2) is 0 Å². The molecule has 1 heterocycles. The Labute approximate surface area is 125 Å². The number of benzene rings is 1. The molecule has 0 saturated carbocycles. The molecule has 21 heavy (non-hydrogen) atoms. The Bertz CT molecular complexity index is 492. The lowest BCUT2D eigenvalue weighted by atomic mass is 9.91. The molecule has 5 nitrogen and oxygen atoms in total. The summed E-state index contributed by atoms with van der Waals surface area (Å²) in [5.74, 6) is 0.0448. The van der Waals surface area contributed by atoms with Gasteiger partial charge in [0.15, 0.2) is 0 Å². The van der Waals surface area contributed by atoms with Crippen LogP contribution in [0.5, 0.6) is 0 Å². The van der Waals surface area contributed by atoms with E-state index < -0.39 is 5.60 Å². The van der Waals surface area contributed by atoms with Crippen LogP contribution in [0.3, 0.4) is 0 Å². The van der Waals surface area contributed by atoms with Crippen molar-refractivity contribution in [1.82, 2.24) is 10.2 Å². The highest BCUT2D eigenvalue weighted by atomic mass is 16.5.